The van der Waals surface area contributed by atoms with Gasteiger partial charge in [0.05, 0.1) is 0 Å². The molecular formula is C15H24N4S. The van der Waals surface area contributed by atoms with E-state index in [1.807, 2.05) is 11.8 Å². The second-order valence-electron chi connectivity index (χ2n) is 6.12. The molecule has 0 radical (unpaired) electrons. The molecule has 4 nitrogen and oxygen atoms in total. The van der Waals surface area contributed by atoms with Crippen molar-refractivity contribution in [1.82, 2.24) is 9.97 Å². The number of thioether (sulfide) groups is 1. The van der Waals surface area contributed by atoms with Crippen molar-refractivity contribution in [2.24, 2.45) is 11.7 Å². The molecule has 1 aliphatic carbocycles. The van der Waals surface area contributed by atoms with Crippen molar-refractivity contribution in [2.75, 3.05) is 30.0 Å². The highest BCUT2D eigenvalue weighted by atomic mass is 32.2. The molecule has 1 saturated heterocycles. The van der Waals surface area contributed by atoms with Crippen molar-refractivity contribution in [3.63, 3.8) is 0 Å². The topological polar surface area (TPSA) is 55.0 Å². The van der Waals surface area contributed by atoms with Crippen molar-refractivity contribution in [3.8, 4) is 0 Å². The Morgan fingerprint density at radius 1 is 1.30 bits per heavy atom. The van der Waals surface area contributed by atoms with Gasteiger partial charge in [0.25, 0.3) is 0 Å². The second-order valence-corrected chi connectivity index (χ2v) is 7.03. The van der Waals surface area contributed by atoms with Crippen LogP contribution in [0.4, 0.5) is 5.82 Å². The van der Waals surface area contributed by atoms with E-state index in [4.69, 9.17) is 5.73 Å². The van der Waals surface area contributed by atoms with Crippen LogP contribution in [-0.2, 0) is 0 Å². The average Bonchev–Trinajstić information content (AvgIpc) is 2.45. The molecule has 0 unspecified atom stereocenters. The minimum Gasteiger partial charge on any atom is -0.356 e. The Bertz CT molecular complexity index is 439. The highest BCUT2D eigenvalue weighted by molar-refractivity contribution is 7.98. The molecule has 1 aromatic rings. The number of rotatable bonds is 4. The fourth-order valence-corrected chi connectivity index (χ4v) is 4.03. The number of aromatic nitrogens is 2. The summed E-state index contributed by atoms with van der Waals surface area (Å²) in [7, 11) is 0. The molecule has 1 aromatic heterocycles. The third-order valence-electron chi connectivity index (χ3n) is 4.61. The van der Waals surface area contributed by atoms with Gasteiger partial charge in [0.15, 0.2) is 0 Å². The van der Waals surface area contributed by atoms with Crippen LogP contribution in [0.3, 0.4) is 0 Å². The molecule has 3 rings (SSSR count). The lowest BCUT2D eigenvalue weighted by atomic mass is 9.78. The van der Waals surface area contributed by atoms with Gasteiger partial charge in [0, 0.05) is 36.8 Å². The van der Waals surface area contributed by atoms with E-state index >= 15 is 0 Å². The van der Waals surface area contributed by atoms with E-state index in [1.54, 1.807) is 6.33 Å². The summed E-state index contributed by atoms with van der Waals surface area (Å²) in [4.78, 5) is 11.3. The molecule has 0 atom stereocenters. The minimum absolute atomic E-state index is 0.376. The van der Waals surface area contributed by atoms with E-state index in [-0.39, 0.29) is 0 Å². The van der Waals surface area contributed by atoms with Crippen LogP contribution in [0.2, 0.25) is 0 Å². The van der Waals surface area contributed by atoms with Gasteiger partial charge in [-0.2, -0.15) is 11.8 Å². The van der Waals surface area contributed by atoms with Crippen LogP contribution in [0, 0.1) is 5.92 Å². The normalized spacial score (nSPS) is 27.4. The summed E-state index contributed by atoms with van der Waals surface area (Å²) in [6, 6.07) is 2.56. The first-order chi connectivity index (χ1) is 9.76. The zero-order chi connectivity index (χ0) is 13.9. The second kappa shape index (κ2) is 6.31. The average molecular weight is 292 g/mol. The van der Waals surface area contributed by atoms with E-state index in [2.05, 4.69) is 27.2 Å². The molecule has 20 heavy (non-hydrogen) atoms. The number of anilines is 1. The smallest absolute Gasteiger partial charge is 0.132 e. The molecule has 2 heterocycles. The van der Waals surface area contributed by atoms with E-state index in [0.717, 1.165) is 37.7 Å². The number of hydrogen-bond acceptors (Lipinski definition) is 5. The number of nitrogens with zero attached hydrogens (tertiary/aromatic N) is 3. The van der Waals surface area contributed by atoms with Gasteiger partial charge >= 0.3 is 0 Å². The van der Waals surface area contributed by atoms with Gasteiger partial charge in [-0.15, -0.1) is 0 Å². The third-order valence-corrected chi connectivity index (χ3v) is 5.41. The van der Waals surface area contributed by atoms with Crippen LogP contribution in [0.5, 0.6) is 0 Å². The fourth-order valence-electron chi connectivity index (χ4n) is 3.23. The maximum absolute atomic E-state index is 5.88. The van der Waals surface area contributed by atoms with Gasteiger partial charge in [-0.3, -0.25) is 0 Å². The molecule has 5 heteroatoms. The summed E-state index contributed by atoms with van der Waals surface area (Å²) >= 11 is 1.97. The van der Waals surface area contributed by atoms with Gasteiger partial charge in [0.1, 0.15) is 12.1 Å². The van der Waals surface area contributed by atoms with Gasteiger partial charge in [0.2, 0.25) is 0 Å². The Hall–Kier alpha value is -0.810. The lowest BCUT2D eigenvalue weighted by molar-refractivity contribution is 0.345. The van der Waals surface area contributed by atoms with Crippen LogP contribution in [-0.4, -0.2) is 41.1 Å². The number of piperidine rings is 1. The van der Waals surface area contributed by atoms with E-state index in [0.29, 0.717) is 12.0 Å². The van der Waals surface area contributed by atoms with Gasteiger partial charge in [-0.1, -0.05) is 0 Å². The van der Waals surface area contributed by atoms with E-state index in [9.17, 15) is 0 Å². The Labute approximate surface area is 125 Å². The lowest BCUT2D eigenvalue weighted by Crippen LogP contribution is -2.36. The highest BCUT2D eigenvalue weighted by Gasteiger charge is 2.29. The van der Waals surface area contributed by atoms with Gasteiger partial charge in [-0.25, -0.2) is 9.97 Å². The lowest BCUT2D eigenvalue weighted by Gasteiger charge is -2.34. The first-order valence-electron chi connectivity index (χ1n) is 7.57. The predicted molar refractivity (Wildman–Crippen MR) is 85.3 cm³/mol. The zero-order valence-electron chi connectivity index (χ0n) is 12.2. The summed E-state index contributed by atoms with van der Waals surface area (Å²) in [5.74, 6) is 3.84. The quantitative estimate of drug-likeness (QED) is 0.922. The van der Waals surface area contributed by atoms with Crippen molar-refractivity contribution in [3.05, 3.63) is 18.1 Å². The maximum atomic E-state index is 5.88. The van der Waals surface area contributed by atoms with Gasteiger partial charge in [-0.05, 0) is 43.6 Å². The monoisotopic (exact) mass is 292 g/mol. The molecule has 0 amide bonds. The maximum Gasteiger partial charge on any atom is 0.132 e. The molecule has 1 aliphatic heterocycles. The number of hydrogen-bond donors (Lipinski definition) is 1. The molecule has 0 aromatic carbocycles. The van der Waals surface area contributed by atoms with Crippen LogP contribution in [0.1, 0.15) is 37.3 Å². The highest BCUT2D eigenvalue weighted by Crippen LogP contribution is 2.35. The third kappa shape index (κ3) is 3.09. The summed E-state index contributed by atoms with van der Waals surface area (Å²) in [6.45, 7) is 2.26. The van der Waals surface area contributed by atoms with Crippen LogP contribution >= 0.6 is 11.8 Å². The van der Waals surface area contributed by atoms with Crippen molar-refractivity contribution in [1.29, 1.82) is 0 Å². The molecule has 0 spiro atoms. The van der Waals surface area contributed by atoms with Crippen LogP contribution in [0.25, 0.3) is 0 Å². The first-order valence-corrected chi connectivity index (χ1v) is 8.97. The van der Waals surface area contributed by atoms with Gasteiger partial charge < -0.3 is 10.6 Å². The molecule has 1 saturated carbocycles. The summed E-state index contributed by atoms with van der Waals surface area (Å²) < 4.78 is 0. The van der Waals surface area contributed by atoms with Crippen molar-refractivity contribution < 1.29 is 0 Å². The predicted octanol–water partition coefficient (Wildman–Crippen LogP) is 2.26. The summed E-state index contributed by atoms with van der Waals surface area (Å²) in [6.07, 6.45) is 8.65. The van der Waals surface area contributed by atoms with Crippen LogP contribution in [0.15, 0.2) is 12.4 Å². The van der Waals surface area contributed by atoms with Crippen molar-refractivity contribution >= 4 is 17.6 Å². The Morgan fingerprint density at radius 3 is 2.70 bits per heavy atom. The van der Waals surface area contributed by atoms with E-state index in [1.165, 1.54) is 24.3 Å². The summed E-state index contributed by atoms with van der Waals surface area (Å²) in [5.41, 5.74) is 7.06. The fraction of sp³-hybridized carbons (Fsp3) is 0.733. The zero-order valence-corrected chi connectivity index (χ0v) is 13.0. The molecular weight excluding hydrogens is 268 g/mol. The molecule has 2 N–H and O–H groups in total. The van der Waals surface area contributed by atoms with E-state index < -0.39 is 0 Å². The SMILES string of the molecule is CSCC1CCN(c2cc(C3CC(N)C3)ncn2)CC1. The molecule has 0 bridgehead atoms. The number of nitrogens with two attached hydrogens (primary N) is 1. The standard InChI is InChI=1S/C15H24N4S/c1-20-9-11-2-4-19(5-3-11)15-8-14(17-10-18-15)12-6-13(16)7-12/h8,10-13H,2-7,9,16H2,1H3. The molecule has 110 valence electrons. The molecule has 2 aliphatic rings. The molecule has 2 fully saturated rings. The first kappa shape index (κ1) is 14.1. The minimum atomic E-state index is 0.376. The Kier molecular flexibility index (Phi) is 4.46. The van der Waals surface area contributed by atoms with Crippen LogP contribution < -0.4 is 10.6 Å². The largest absolute Gasteiger partial charge is 0.356 e. The summed E-state index contributed by atoms with van der Waals surface area (Å²) in [5, 5.41) is 0. The Morgan fingerprint density at radius 2 is 2.05 bits per heavy atom. The van der Waals surface area contributed by atoms with Crippen molar-refractivity contribution in [2.45, 2.75) is 37.6 Å². The Balaban J connectivity index is 1.61.